The third-order valence-corrected chi connectivity index (χ3v) is 10.8. The zero-order valence-electron chi connectivity index (χ0n) is 28.7. The van der Waals surface area contributed by atoms with Gasteiger partial charge in [0.05, 0.1) is 13.7 Å². The van der Waals surface area contributed by atoms with Crippen molar-refractivity contribution < 1.29 is 24.5 Å². The van der Waals surface area contributed by atoms with Crippen LogP contribution in [-0.4, -0.2) is 18.0 Å². The Kier molecular flexibility index (Phi) is 10.7. The van der Waals surface area contributed by atoms with Crippen LogP contribution in [0, 0.1) is 19.1 Å². The molecule has 5 heteroatoms. The van der Waals surface area contributed by atoms with Crippen LogP contribution in [-0.2, 0) is 26.5 Å². The van der Waals surface area contributed by atoms with Crippen LogP contribution >= 0.6 is 0 Å². The number of furan rings is 1. The molecule has 0 aliphatic carbocycles. The third-order valence-electron chi connectivity index (χ3n) is 8.74. The van der Waals surface area contributed by atoms with E-state index in [-0.39, 0.29) is 20.1 Å². The molecule has 5 aromatic carbocycles. The summed E-state index contributed by atoms with van der Waals surface area (Å²) in [5.74, 6) is 0. The van der Waals surface area contributed by atoms with E-state index in [4.69, 9.17) is 4.42 Å². The van der Waals surface area contributed by atoms with Crippen LogP contribution in [0.1, 0.15) is 16.7 Å². The number of nitrogens with zero attached hydrogens (tertiary/aromatic N) is 2. The summed E-state index contributed by atoms with van der Waals surface area (Å²) in [6.45, 7) is 9.08. The SMILES string of the molecule is Cc1c[c-]c(-c2ccc([Si](C)(C)C)cn2)cc1.[Ir].[c-]1cc(-c2ccccc2)c2c(oc3ccccc32)c1-c1cc(Cc2ccccc2)ccn1. The Morgan fingerprint density at radius 2 is 1.42 bits per heavy atom. The Hall–Kier alpha value is -4.93. The first-order chi connectivity index (χ1) is 23.8. The minimum absolute atomic E-state index is 0. The molecule has 8 aromatic rings. The molecule has 0 aliphatic heterocycles. The predicted octanol–water partition coefficient (Wildman–Crippen LogP) is 11.1. The maximum absolute atomic E-state index is 6.39. The Labute approximate surface area is 309 Å². The van der Waals surface area contributed by atoms with Gasteiger partial charge >= 0.3 is 0 Å². The monoisotopic (exact) mass is 843 g/mol. The van der Waals surface area contributed by atoms with Gasteiger partial charge in [-0.2, -0.15) is 0 Å². The van der Waals surface area contributed by atoms with Crippen LogP contribution in [0.2, 0.25) is 19.6 Å². The maximum atomic E-state index is 6.39. The van der Waals surface area contributed by atoms with Gasteiger partial charge in [0, 0.05) is 37.9 Å². The second-order valence-corrected chi connectivity index (χ2v) is 18.5. The molecule has 50 heavy (non-hydrogen) atoms. The van der Waals surface area contributed by atoms with Crippen molar-refractivity contribution in [3.63, 3.8) is 0 Å². The van der Waals surface area contributed by atoms with Crippen molar-refractivity contribution in [2.24, 2.45) is 0 Å². The number of fused-ring (bicyclic) bond motifs is 3. The summed E-state index contributed by atoms with van der Waals surface area (Å²) in [5, 5.41) is 3.61. The van der Waals surface area contributed by atoms with Gasteiger partial charge in [0.1, 0.15) is 5.58 Å². The third kappa shape index (κ3) is 7.77. The molecular formula is C45H38IrN2OSi-2. The second kappa shape index (κ2) is 15.3. The Morgan fingerprint density at radius 3 is 2.12 bits per heavy atom. The fraction of sp³-hybridized carbons (Fsp3) is 0.111. The quantitative estimate of drug-likeness (QED) is 0.124. The summed E-state index contributed by atoms with van der Waals surface area (Å²) < 4.78 is 6.39. The normalized spacial score (nSPS) is 11.1. The molecule has 249 valence electrons. The van der Waals surface area contributed by atoms with Gasteiger partial charge in [-0.05, 0) is 51.6 Å². The van der Waals surface area contributed by atoms with Crippen molar-refractivity contribution in [3.05, 3.63) is 175 Å². The van der Waals surface area contributed by atoms with Gasteiger partial charge in [-0.1, -0.05) is 140 Å². The molecular weight excluding hydrogens is 805 g/mol. The van der Waals surface area contributed by atoms with Crippen LogP contribution < -0.4 is 5.19 Å². The molecule has 0 spiro atoms. The van der Waals surface area contributed by atoms with Crippen molar-refractivity contribution in [3.8, 4) is 33.6 Å². The first-order valence-electron chi connectivity index (χ1n) is 16.7. The molecule has 3 aromatic heterocycles. The Balaban J connectivity index is 0.000000204. The van der Waals surface area contributed by atoms with Crippen LogP contribution in [0.5, 0.6) is 0 Å². The number of aryl methyl sites for hydroxylation is 1. The smallest absolute Gasteiger partial charge is 0.120 e. The average molecular weight is 843 g/mol. The van der Waals surface area contributed by atoms with Crippen molar-refractivity contribution in [2.45, 2.75) is 33.0 Å². The molecule has 0 aliphatic rings. The van der Waals surface area contributed by atoms with Crippen molar-refractivity contribution >= 4 is 35.2 Å². The van der Waals surface area contributed by atoms with E-state index in [1.165, 1.54) is 21.9 Å². The van der Waals surface area contributed by atoms with Gasteiger partial charge < -0.3 is 14.4 Å². The number of benzene rings is 5. The van der Waals surface area contributed by atoms with Crippen LogP contribution in [0.25, 0.3) is 55.6 Å². The zero-order valence-corrected chi connectivity index (χ0v) is 32.1. The fourth-order valence-corrected chi connectivity index (χ4v) is 7.05. The standard InChI is InChI=1S/C30H20NO.C15H18NSi.Ir/c1-3-9-21(10-4-1)19-22-17-18-31-27(20-22)25-16-15-24(23-11-5-2-6-12-23)29-26-13-7-8-14-28(26)32-30(25)29;1-12-5-7-13(8-6-12)15-10-9-14(11-16-15)17(2,3)4;/h1-15,17-18,20H,19H2;5-7,9-11H,1-4H3;/q2*-1;. The van der Waals surface area contributed by atoms with Gasteiger partial charge in [-0.15, -0.1) is 47.5 Å². The molecule has 3 heterocycles. The van der Waals surface area contributed by atoms with E-state index in [0.717, 1.165) is 62.0 Å². The van der Waals surface area contributed by atoms with Gasteiger partial charge in [-0.3, -0.25) is 0 Å². The molecule has 3 nitrogen and oxygen atoms in total. The number of para-hydroxylation sites is 1. The molecule has 1 radical (unpaired) electrons. The molecule has 0 amide bonds. The van der Waals surface area contributed by atoms with Crippen LogP contribution in [0.4, 0.5) is 0 Å². The zero-order chi connectivity index (χ0) is 33.8. The number of aromatic nitrogens is 2. The molecule has 0 N–H and O–H groups in total. The van der Waals surface area contributed by atoms with Crippen LogP contribution in [0.3, 0.4) is 0 Å². The van der Waals surface area contributed by atoms with Gasteiger partial charge in [0.25, 0.3) is 0 Å². The topological polar surface area (TPSA) is 38.9 Å². The van der Waals surface area contributed by atoms with E-state index in [9.17, 15) is 0 Å². The number of pyridine rings is 2. The van der Waals surface area contributed by atoms with E-state index in [2.05, 4.69) is 152 Å². The van der Waals surface area contributed by atoms with Crippen LogP contribution in [0.15, 0.2) is 150 Å². The number of hydrogen-bond acceptors (Lipinski definition) is 3. The van der Waals surface area contributed by atoms with E-state index in [1.807, 2.05) is 42.7 Å². The minimum atomic E-state index is -1.24. The predicted molar refractivity (Wildman–Crippen MR) is 207 cm³/mol. The number of hydrogen-bond donors (Lipinski definition) is 0. The molecule has 0 fully saturated rings. The second-order valence-electron chi connectivity index (χ2n) is 13.4. The molecule has 0 atom stereocenters. The molecule has 0 bridgehead atoms. The Bertz CT molecular complexity index is 2330. The summed E-state index contributed by atoms with van der Waals surface area (Å²) in [7, 11) is -1.24. The summed E-state index contributed by atoms with van der Waals surface area (Å²) in [6, 6.07) is 52.7. The van der Waals surface area contributed by atoms with Gasteiger partial charge in [0.15, 0.2) is 0 Å². The van der Waals surface area contributed by atoms with E-state index in [0.29, 0.717) is 0 Å². The summed E-state index contributed by atoms with van der Waals surface area (Å²) >= 11 is 0. The van der Waals surface area contributed by atoms with Gasteiger partial charge in [-0.25, -0.2) is 0 Å². The molecule has 0 saturated heterocycles. The first kappa shape index (κ1) is 34.9. The van der Waals surface area contributed by atoms with Gasteiger partial charge in [0.2, 0.25) is 0 Å². The molecule has 8 rings (SSSR count). The number of rotatable bonds is 6. The fourth-order valence-electron chi connectivity index (χ4n) is 6.02. The molecule has 0 saturated carbocycles. The largest absolute Gasteiger partial charge is 0.501 e. The Morgan fingerprint density at radius 1 is 0.680 bits per heavy atom. The summed E-state index contributed by atoms with van der Waals surface area (Å²) in [6.07, 6.45) is 4.76. The van der Waals surface area contributed by atoms with E-state index >= 15 is 0 Å². The maximum Gasteiger partial charge on any atom is 0.120 e. The summed E-state index contributed by atoms with van der Waals surface area (Å²) in [4.78, 5) is 9.23. The molecule has 0 unspecified atom stereocenters. The van der Waals surface area contributed by atoms with Crippen molar-refractivity contribution in [1.82, 2.24) is 9.97 Å². The van der Waals surface area contributed by atoms with Crippen molar-refractivity contribution in [1.29, 1.82) is 0 Å². The van der Waals surface area contributed by atoms with E-state index < -0.39 is 8.07 Å². The average Bonchev–Trinajstić information content (AvgIpc) is 3.52. The first-order valence-corrected chi connectivity index (χ1v) is 20.2. The minimum Gasteiger partial charge on any atom is -0.501 e. The van der Waals surface area contributed by atoms with Crippen molar-refractivity contribution in [2.75, 3.05) is 0 Å². The summed E-state index contributed by atoms with van der Waals surface area (Å²) in [5.41, 5.74) is 11.5. The van der Waals surface area contributed by atoms with E-state index in [1.54, 1.807) is 0 Å².